The molecule has 21 heavy (non-hydrogen) atoms. The number of hydrogen-bond acceptors (Lipinski definition) is 2. The molecule has 0 radical (unpaired) electrons. The minimum Gasteiger partial charge on any atom is -0.340 e. The quantitative estimate of drug-likeness (QED) is 0.933. The van der Waals surface area contributed by atoms with Crippen molar-refractivity contribution in [3.63, 3.8) is 0 Å². The first-order chi connectivity index (χ1) is 9.86. The lowest BCUT2D eigenvalue weighted by molar-refractivity contribution is -0.138. The smallest absolute Gasteiger partial charge is 0.253 e. The highest BCUT2D eigenvalue weighted by Gasteiger charge is 2.48. The van der Waals surface area contributed by atoms with Crippen LogP contribution in [-0.4, -0.2) is 23.4 Å². The van der Waals surface area contributed by atoms with Crippen molar-refractivity contribution in [2.75, 3.05) is 4.90 Å². The van der Waals surface area contributed by atoms with E-state index in [4.69, 9.17) is 11.6 Å². The number of halogens is 2. The van der Waals surface area contributed by atoms with Crippen molar-refractivity contribution in [2.24, 2.45) is 0 Å². The van der Waals surface area contributed by atoms with Crippen LogP contribution in [0.4, 0.5) is 10.1 Å². The Bertz CT molecular complexity index is 587. The number of nitrogens with zero attached hydrogens (tertiary/aromatic N) is 1. The molecule has 0 saturated carbocycles. The summed E-state index contributed by atoms with van der Waals surface area (Å²) in [5, 5.41) is 3.09. The van der Waals surface area contributed by atoms with Gasteiger partial charge in [0.15, 0.2) is 0 Å². The summed E-state index contributed by atoms with van der Waals surface area (Å²) in [6, 6.07) is 3.20. The average Bonchev–Trinajstić information content (AvgIpc) is 2.47. The number of benzene rings is 1. The highest BCUT2D eigenvalue weighted by atomic mass is 35.5. The molecule has 1 saturated heterocycles. The Morgan fingerprint density at radius 3 is 2.52 bits per heavy atom. The lowest BCUT2D eigenvalue weighted by atomic mass is 9.87. The molecule has 0 aliphatic carbocycles. The van der Waals surface area contributed by atoms with Gasteiger partial charge >= 0.3 is 0 Å². The molecule has 4 nitrogen and oxygen atoms in total. The highest BCUT2D eigenvalue weighted by Crippen LogP contribution is 2.32. The van der Waals surface area contributed by atoms with Crippen molar-refractivity contribution in [3.8, 4) is 0 Å². The molecule has 0 spiro atoms. The maximum Gasteiger partial charge on any atom is 0.253 e. The van der Waals surface area contributed by atoms with Crippen molar-refractivity contribution >= 4 is 29.1 Å². The Balaban J connectivity index is 2.56. The molecular formula is C15H18ClFN2O2. The summed E-state index contributed by atoms with van der Waals surface area (Å²) in [6.07, 6.45) is 0.888. The van der Waals surface area contributed by atoms with E-state index >= 15 is 0 Å². The van der Waals surface area contributed by atoms with Gasteiger partial charge in [0.2, 0.25) is 5.91 Å². The molecule has 0 aromatic heterocycles. The Kier molecular flexibility index (Phi) is 4.23. The molecule has 1 aliphatic heterocycles. The largest absolute Gasteiger partial charge is 0.340 e. The van der Waals surface area contributed by atoms with E-state index in [1.165, 1.54) is 23.1 Å². The van der Waals surface area contributed by atoms with Crippen LogP contribution in [0.5, 0.6) is 0 Å². The summed E-state index contributed by atoms with van der Waals surface area (Å²) in [4.78, 5) is 26.2. The fraction of sp³-hybridized carbons (Fsp3) is 0.467. The van der Waals surface area contributed by atoms with Crippen LogP contribution >= 0.6 is 11.6 Å². The number of rotatable bonds is 3. The van der Waals surface area contributed by atoms with Gasteiger partial charge < -0.3 is 5.32 Å². The zero-order valence-corrected chi connectivity index (χ0v) is 13.0. The monoisotopic (exact) mass is 312 g/mol. The molecule has 1 aliphatic rings. The van der Waals surface area contributed by atoms with E-state index in [0.717, 1.165) is 0 Å². The third-order valence-electron chi connectivity index (χ3n) is 4.13. The van der Waals surface area contributed by atoms with Crippen LogP contribution in [0.25, 0.3) is 0 Å². The predicted molar refractivity (Wildman–Crippen MR) is 79.8 cm³/mol. The van der Waals surface area contributed by atoms with Gasteiger partial charge in [-0.3, -0.25) is 14.5 Å². The molecule has 1 unspecified atom stereocenters. The van der Waals surface area contributed by atoms with E-state index in [0.29, 0.717) is 17.9 Å². The Morgan fingerprint density at radius 1 is 1.33 bits per heavy atom. The maximum atomic E-state index is 14.1. The normalized spacial score (nSPS) is 21.4. The van der Waals surface area contributed by atoms with Gasteiger partial charge in [0, 0.05) is 5.02 Å². The molecule has 0 bridgehead atoms. The third-order valence-corrected chi connectivity index (χ3v) is 4.37. The second-order valence-corrected chi connectivity index (χ2v) is 5.66. The van der Waals surface area contributed by atoms with E-state index in [-0.39, 0.29) is 17.5 Å². The van der Waals surface area contributed by atoms with Gasteiger partial charge in [-0.15, -0.1) is 0 Å². The van der Waals surface area contributed by atoms with Crippen molar-refractivity contribution in [1.82, 2.24) is 5.32 Å². The Hall–Kier alpha value is -1.62. The van der Waals surface area contributed by atoms with Gasteiger partial charge in [-0.05, 0) is 38.0 Å². The summed E-state index contributed by atoms with van der Waals surface area (Å²) in [5.74, 6) is -1.17. The van der Waals surface area contributed by atoms with Gasteiger partial charge in [0.25, 0.3) is 5.91 Å². The van der Waals surface area contributed by atoms with Gasteiger partial charge in [-0.2, -0.15) is 0 Å². The summed E-state index contributed by atoms with van der Waals surface area (Å²) in [7, 11) is 0. The van der Waals surface area contributed by atoms with Crippen LogP contribution in [0, 0.1) is 5.82 Å². The molecule has 2 amide bonds. The third kappa shape index (κ3) is 2.50. The van der Waals surface area contributed by atoms with Crippen LogP contribution in [0.2, 0.25) is 5.02 Å². The number of carbonyl (C=O) groups is 2. The van der Waals surface area contributed by atoms with Crippen LogP contribution in [-0.2, 0) is 9.59 Å². The van der Waals surface area contributed by atoms with Crippen molar-refractivity contribution in [2.45, 2.75) is 45.2 Å². The van der Waals surface area contributed by atoms with Crippen LogP contribution < -0.4 is 10.2 Å². The second kappa shape index (κ2) is 5.64. The molecule has 2 rings (SSSR count). The Labute approximate surface area is 128 Å². The fourth-order valence-corrected chi connectivity index (χ4v) is 2.80. The van der Waals surface area contributed by atoms with Crippen LogP contribution in [0.1, 0.15) is 33.6 Å². The summed E-state index contributed by atoms with van der Waals surface area (Å²) < 4.78 is 14.1. The van der Waals surface area contributed by atoms with E-state index < -0.39 is 17.4 Å². The number of carbonyl (C=O) groups excluding carboxylic acids is 2. The first kappa shape index (κ1) is 15.8. The molecule has 1 aromatic rings. The second-order valence-electron chi connectivity index (χ2n) is 5.23. The minimum atomic E-state index is -0.988. The average molecular weight is 313 g/mol. The molecule has 1 aromatic carbocycles. The number of anilines is 1. The van der Waals surface area contributed by atoms with Gasteiger partial charge in [0.1, 0.15) is 17.4 Å². The molecule has 1 heterocycles. The molecule has 6 heteroatoms. The van der Waals surface area contributed by atoms with Crippen LogP contribution in [0.3, 0.4) is 0 Å². The SMILES string of the molecule is CCC1(CC)NC(=O)C(C)N(c2cc(Cl)ccc2F)C1=O. The summed E-state index contributed by atoms with van der Waals surface area (Å²) in [5.41, 5.74) is -0.945. The van der Waals surface area contributed by atoms with E-state index in [2.05, 4.69) is 5.32 Å². The number of piperazine rings is 1. The molecule has 1 fully saturated rings. The molecule has 1 N–H and O–H groups in total. The number of amides is 2. The lowest BCUT2D eigenvalue weighted by Crippen LogP contribution is -2.69. The maximum absolute atomic E-state index is 14.1. The van der Waals surface area contributed by atoms with Crippen molar-refractivity contribution in [3.05, 3.63) is 29.0 Å². The molecular weight excluding hydrogens is 295 g/mol. The van der Waals surface area contributed by atoms with Gasteiger partial charge in [0.05, 0.1) is 5.69 Å². The van der Waals surface area contributed by atoms with E-state index in [1.54, 1.807) is 6.92 Å². The zero-order chi connectivity index (χ0) is 15.8. The fourth-order valence-electron chi connectivity index (χ4n) is 2.64. The van der Waals surface area contributed by atoms with Gasteiger partial charge in [-0.1, -0.05) is 25.4 Å². The minimum absolute atomic E-state index is 0.0427. The van der Waals surface area contributed by atoms with Crippen LogP contribution in [0.15, 0.2) is 18.2 Å². The van der Waals surface area contributed by atoms with E-state index in [1.807, 2.05) is 13.8 Å². The van der Waals surface area contributed by atoms with Gasteiger partial charge in [-0.25, -0.2) is 4.39 Å². The topological polar surface area (TPSA) is 49.4 Å². The summed E-state index contributed by atoms with van der Waals surface area (Å²) >= 11 is 5.90. The number of hydrogen-bond donors (Lipinski definition) is 1. The highest BCUT2D eigenvalue weighted by molar-refractivity contribution is 6.31. The first-order valence-corrected chi connectivity index (χ1v) is 7.34. The number of nitrogens with one attached hydrogen (secondary N) is 1. The summed E-state index contributed by atoms with van der Waals surface area (Å²) in [6.45, 7) is 5.22. The lowest BCUT2D eigenvalue weighted by Gasteiger charge is -2.44. The first-order valence-electron chi connectivity index (χ1n) is 6.97. The molecule has 1 atom stereocenters. The van der Waals surface area contributed by atoms with Crippen molar-refractivity contribution in [1.29, 1.82) is 0 Å². The zero-order valence-electron chi connectivity index (χ0n) is 12.2. The predicted octanol–water partition coefficient (Wildman–Crippen LogP) is 2.89. The molecule has 114 valence electrons. The van der Waals surface area contributed by atoms with Crippen molar-refractivity contribution < 1.29 is 14.0 Å². The van der Waals surface area contributed by atoms with E-state index in [9.17, 15) is 14.0 Å². The Morgan fingerprint density at radius 2 is 1.95 bits per heavy atom. The standard InChI is InChI=1S/C15H18ClFN2O2/c1-4-15(5-2)14(21)19(9(3)13(20)18-15)12-8-10(16)6-7-11(12)17/h6-9H,4-5H2,1-3H3,(H,18,20).